The zero-order chi connectivity index (χ0) is 10.8. The Balaban J connectivity index is 3.05. The third kappa shape index (κ3) is 2.87. The van der Waals surface area contributed by atoms with Crippen molar-refractivity contribution in [2.45, 2.75) is 4.90 Å². The maximum atomic E-state index is 11.3. The highest BCUT2D eigenvalue weighted by Crippen LogP contribution is 2.13. The van der Waals surface area contributed by atoms with E-state index in [9.17, 15) is 13.2 Å². The van der Waals surface area contributed by atoms with Crippen LogP contribution >= 0.6 is 23.2 Å². The molecule has 0 fully saturated rings. The van der Waals surface area contributed by atoms with Crippen LogP contribution in [0.4, 0.5) is 4.79 Å². The first-order valence-electron chi connectivity index (χ1n) is 3.40. The zero-order valence-electron chi connectivity index (χ0n) is 6.70. The van der Waals surface area contributed by atoms with Crippen molar-refractivity contribution in [3.05, 3.63) is 29.3 Å². The van der Waals surface area contributed by atoms with Crippen LogP contribution in [-0.4, -0.2) is 13.8 Å². The molecule has 0 aliphatic heterocycles. The molecule has 1 amide bonds. The zero-order valence-corrected chi connectivity index (χ0v) is 9.03. The summed E-state index contributed by atoms with van der Waals surface area (Å²) in [7, 11) is -3.87. The number of rotatable bonds is 2. The highest BCUT2D eigenvalue weighted by atomic mass is 35.5. The third-order valence-corrected chi connectivity index (χ3v) is 3.14. The molecule has 1 aromatic rings. The lowest BCUT2D eigenvalue weighted by Gasteiger charge is -2.02. The summed E-state index contributed by atoms with van der Waals surface area (Å²) in [4.78, 5) is 10.3. The van der Waals surface area contributed by atoms with Crippen molar-refractivity contribution in [2.75, 3.05) is 0 Å². The minimum atomic E-state index is -3.87. The van der Waals surface area contributed by atoms with Gasteiger partial charge in [0.2, 0.25) is 0 Å². The first kappa shape index (κ1) is 11.3. The molecule has 0 aliphatic rings. The Kier molecular flexibility index (Phi) is 3.36. The van der Waals surface area contributed by atoms with Crippen LogP contribution < -0.4 is 4.72 Å². The van der Waals surface area contributed by atoms with Crippen LogP contribution in [0.15, 0.2) is 29.2 Å². The molecule has 1 rings (SSSR count). The van der Waals surface area contributed by atoms with Gasteiger partial charge >= 0.3 is 5.37 Å². The van der Waals surface area contributed by atoms with Crippen molar-refractivity contribution in [1.29, 1.82) is 0 Å². The molecule has 0 saturated carbocycles. The van der Waals surface area contributed by atoms with Crippen molar-refractivity contribution in [2.24, 2.45) is 0 Å². The molecule has 0 unspecified atom stereocenters. The summed E-state index contributed by atoms with van der Waals surface area (Å²) in [5, 5.41) is -0.749. The van der Waals surface area contributed by atoms with E-state index in [1.165, 1.54) is 24.3 Å². The number of halogens is 2. The highest BCUT2D eigenvalue weighted by molar-refractivity contribution is 7.90. The van der Waals surface area contributed by atoms with Crippen molar-refractivity contribution in [3.8, 4) is 0 Å². The van der Waals surface area contributed by atoms with E-state index < -0.39 is 15.4 Å². The van der Waals surface area contributed by atoms with Gasteiger partial charge in [0.25, 0.3) is 10.0 Å². The van der Waals surface area contributed by atoms with Gasteiger partial charge in [-0.1, -0.05) is 11.6 Å². The quantitative estimate of drug-likeness (QED) is 0.648. The molecule has 1 aromatic carbocycles. The number of nitrogens with one attached hydrogen (secondary N) is 1. The smallest absolute Gasteiger partial charge is 0.255 e. The summed E-state index contributed by atoms with van der Waals surface area (Å²) in [6.45, 7) is 0. The first-order chi connectivity index (χ1) is 6.42. The minimum Gasteiger partial charge on any atom is -0.255 e. The van der Waals surface area contributed by atoms with E-state index in [4.69, 9.17) is 23.2 Å². The van der Waals surface area contributed by atoms with Crippen molar-refractivity contribution < 1.29 is 13.2 Å². The maximum absolute atomic E-state index is 11.3. The number of hydrogen-bond acceptors (Lipinski definition) is 3. The summed E-state index contributed by atoms with van der Waals surface area (Å²) < 4.78 is 24.2. The molecule has 0 spiro atoms. The average molecular weight is 254 g/mol. The van der Waals surface area contributed by atoms with Gasteiger partial charge in [-0.05, 0) is 35.9 Å². The first-order valence-corrected chi connectivity index (χ1v) is 5.63. The molecular weight excluding hydrogens is 249 g/mol. The van der Waals surface area contributed by atoms with E-state index in [0.717, 1.165) is 0 Å². The predicted molar refractivity (Wildman–Crippen MR) is 53.0 cm³/mol. The van der Waals surface area contributed by atoms with E-state index in [1.54, 1.807) is 4.72 Å². The van der Waals surface area contributed by atoms with Crippen LogP contribution in [0, 0.1) is 0 Å². The molecular formula is C7H5Cl2NO3S. The number of hydrogen-bond donors (Lipinski definition) is 1. The monoisotopic (exact) mass is 253 g/mol. The second-order valence-electron chi connectivity index (χ2n) is 2.33. The second kappa shape index (κ2) is 4.16. The van der Waals surface area contributed by atoms with E-state index in [-0.39, 0.29) is 4.90 Å². The number of benzene rings is 1. The van der Waals surface area contributed by atoms with Crippen molar-refractivity contribution in [3.63, 3.8) is 0 Å². The topological polar surface area (TPSA) is 63.2 Å². The van der Waals surface area contributed by atoms with Gasteiger partial charge in [-0.15, -0.1) is 0 Å². The Bertz CT molecular complexity index is 441. The fraction of sp³-hybridized carbons (Fsp3) is 0. The molecule has 14 heavy (non-hydrogen) atoms. The Morgan fingerprint density at radius 2 is 1.71 bits per heavy atom. The minimum absolute atomic E-state index is 0.0732. The van der Waals surface area contributed by atoms with Gasteiger partial charge in [-0.25, -0.2) is 13.1 Å². The normalized spacial score (nSPS) is 11.0. The van der Waals surface area contributed by atoms with Crippen LogP contribution in [0.1, 0.15) is 0 Å². The molecule has 1 N–H and O–H groups in total. The summed E-state index contributed by atoms with van der Waals surface area (Å²) >= 11 is 10.4. The summed E-state index contributed by atoms with van der Waals surface area (Å²) in [5.74, 6) is 0. The second-order valence-corrected chi connectivity index (χ2v) is 4.80. The van der Waals surface area contributed by atoms with Crippen LogP contribution in [0.5, 0.6) is 0 Å². The van der Waals surface area contributed by atoms with Gasteiger partial charge < -0.3 is 0 Å². The Labute approximate surface area is 90.9 Å². The fourth-order valence-electron chi connectivity index (χ4n) is 0.778. The summed E-state index contributed by atoms with van der Waals surface area (Å²) in [6.07, 6.45) is 0. The Hall–Kier alpha value is -0.780. The maximum Gasteiger partial charge on any atom is 0.327 e. The highest BCUT2D eigenvalue weighted by Gasteiger charge is 2.15. The number of amides is 1. The van der Waals surface area contributed by atoms with Crippen molar-refractivity contribution >= 4 is 38.6 Å². The molecule has 0 saturated heterocycles. The largest absolute Gasteiger partial charge is 0.327 e. The lowest BCUT2D eigenvalue weighted by Crippen LogP contribution is -2.25. The molecule has 4 nitrogen and oxygen atoms in total. The van der Waals surface area contributed by atoms with E-state index in [1.807, 2.05) is 0 Å². The number of sulfonamides is 1. The van der Waals surface area contributed by atoms with Crippen LogP contribution in [0.3, 0.4) is 0 Å². The van der Waals surface area contributed by atoms with Gasteiger partial charge in [0, 0.05) is 5.02 Å². The molecule has 0 heterocycles. The van der Waals surface area contributed by atoms with E-state index >= 15 is 0 Å². The van der Waals surface area contributed by atoms with Gasteiger partial charge in [0.15, 0.2) is 0 Å². The van der Waals surface area contributed by atoms with Gasteiger partial charge in [-0.2, -0.15) is 0 Å². The van der Waals surface area contributed by atoms with Crippen LogP contribution in [0.25, 0.3) is 0 Å². The summed E-state index contributed by atoms with van der Waals surface area (Å²) in [5.41, 5.74) is 0. The standard InChI is InChI=1S/C7H5Cl2NO3S/c8-5-1-3-6(4-2-5)14(12,13)10-7(9)11/h1-4H,(H,10,11). The van der Waals surface area contributed by atoms with E-state index in [0.29, 0.717) is 5.02 Å². The van der Waals surface area contributed by atoms with E-state index in [2.05, 4.69) is 0 Å². The van der Waals surface area contributed by atoms with Crippen LogP contribution in [0.2, 0.25) is 5.02 Å². The van der Waals surface area contributed by atoms with Gasteiger partial charge in [0.05, 0.1) is 4.90 Å². The van der Waals surface area contributed by atoms with Gasteiger partial charge in [-0.3, -0.25) is 4.79 Å². The molecule has 0 atom stereocenters. The third-order valence-electron chi connectivity index (χ3n) is 1.34. The predicted octanol–water partition coefficient (Wildman–Crippen LogP) is 1.98. The lowest BCUT2D eigenvalue weighted by atomic mass is 10.4. The SMILES string of the molecule is O=C(Cl)NS(=O)(=O)c1ccc(Cl)cc1. The summed E-state index contributed by atoms with van der Waals surface area (Å²) in [6, 6.07) is 5.33. The molecule has 76 valence electrons. The average Bonchev–Trinajstić information content (AvgIpc) is 2.02. The molecule has 7 heteroatoms. The Morgan fingerprint density at radius 1 is 1.21 bits per heavy atom. The Morgan fingerprint density at radius 3 is 2.14 bits per heavy atom. The molecule has 0 aliphatic carbocycles. The van der Waals surface area contributed by atoms with Gasteiger partial charge in [0.1, 0.15) is 0 Å². The van der Waals surface area contributed by atoms with Crippen LogP contribution in [-0.2, 0) is 10.0 Å². The molecule has 0 bridgehead atoms. The lowest BCUT2D eigenvalue weighted by molar-refractivity contribution is 0.264. The number of carbonyl (C=O) groups is 1. The van der Waals surface area contributed by atoms with Crippen molar-refractivity contribution in [1.82, 2.24) is 4.72 Å². The number of carbonyl (C=O) groups excluding carboxylic acids is 1. The molecule has 0 aromatic heterocycles. The fourth-order valence-corrected chi connectivity index (χ4v) is 2.03. The molecule has 0 radical (unpaired) electrons.